The molecule has 0 saturated heterocycles. The van der Waals surface area contributed by atoms with E-state index in [4.69, 9.17) is 0 Å². The van der Waals surface area contributed by atoms with Crippen LogP contribution in [0.1, 0.15) is 15.9 Å². The van der Waals surface area contributed by atoms with Crippen LogP contribution in [-0.4, -0.2) is 30.3 Å². The summed E-state index contributed by atoms with van der Waals surface area (Å²) in [5.41, 5.74) is 2.18. The van der Waals surface area contributed by atoms with Crippen LogP contribution in [0.2, 0.25) is 0 Å². The Morgan fingerprint density at radius 3 is 2.64 bits per heavy atom. The zero-order valence-corrected chi connectivity index (χ0v) is 17.8. The van der Waals surface area contributed by atoms with E-state index in [1.807, 2.05) is 0 Å². The maximum atomic E-state index is 15.9. The first-order valence-corrected chi connectivity index (χ1v) is 10.1. The molecule has 3 heterocycles. The molecule has 9 heteroatoms. The molecule has 1 N–H and O–H groups in total. The molecule has 5 rings (SSSR count). The Morgan fingerprint density at radius 2 is 1.88 bits per heavy atom. The molecular formula is C24H18F2N6O. The van der Waals surface area contributed by atoms with Gasteiger partial charge >= 0.3 is 0 Å². The zero-order valence-electron chi connectivity index (χ0n) is 17.8. The average Bonchev–Trinajstić information content (AvgIpc) is 3.43. The number of nitrogens with one attached hydrogen (secondary N) is 1. The molecule has 0 saturated carbocycles. The summed E-state index contributed by atoms with van der Waals surface area (Å²) in [6.07, 6.45) is 4.75. The highest BCUT2D eigenvalue weighted by Gasteiger charge is 2.24. The smallest absolute Gasteiger partial charge is 0.259 e. The van der Waals surface area contributed by atoms with Gasteiger partial charge in [-0.05, 0) is 47.9 Å². The third-order valence-electron chi connectivity index (χ3n) is 5.58. The largest absolute Gasteiger partial charge is 0.307 e. The minimum atomic E-state index is -0.712. The first-order valence-electron chi connectivity index (χ1n) is 10.1. The second-order valence-corrected chi connectivity index (χ2v) is 7.57. The van der Waals surface area contributed by atoms with Gasteiger partial charge in [0.1, 0.15) is 23.8 Å². The fraction of sp³-hybridized carbons (Fsp3) is 0.0833. The molecule has 0 atom stereocenters. The highest BCUT2D eigenvalue weighted by atomic mass is 19.1. The number of nitrogens with zero attached hydrogens (tertiary/aromatic N) is 5. The van der Waals surface area contributed by atoms with Crippen LogP contribution in [0, 0.1) is 18.6 Å². The fourth-order valence-electron chi connectivity index (χ4n) is 3.87. The standard InChI is InChI=1S/C24H18F2N6O/c1-14-17(16-5-3-4-6-19(16)25)12-18(24(33)29-20-7-9-28-31(20)2)23(26)22(14)15-8-10-32-13-27-30-21(32)11-15/h3-13H,1-2H3,(H,29,33). The van der Waals surface area contributed by atoms with Gasteiger partial charge in [0.15, 0.2) is 5.65 Å². The third kappa shape index (κ3) is 3.53. The normalized spacial score (nSPS) is 11.2. The van der Waals surface area contributed by atoms with Gasteiger partial charge in [-0.15, -0.1) is 10.2 Å². The highest BCUT2D eigenvalue weighted by molar-refractivity contribution is 6.06. The van der Waals surface area contributed by atoms with Crippen molar-refractivity contribution in [1.82, 2.24) is 24.4 Å². The number of hydrogen-bond acceptors (Lipinski definition) is 4. The number of aromatic nitrogens is 5. The molecule has 7 nitrogen and oxygen atoms in total. The Morgan fingerprint density at radius 1 is 1.06 bits per heavy atom. The van der Waals surface area contributed by atoms with Crippen molar-refractivity contribution in [3.63, 3.8) is 0 Å². The minimum absolute atomic E-state index is 0.191. The summed E-state index contributed by atoms with van der Waals surface area (Å²) in [7, 11) is 1.66. The average molecular weight is 444 g/mol. The van der Waals surface area contributed by atoms with Crippen molar-refractivity contribution in [1.29, 1.82) is 0 Å². The lowest BCUT2D eigenvalue weighted by Crippen LogP contribution is -2.17. The van der Waals surface area contributed by atoms with Crippen LogP contribution in [0.5, 0.6) is 0 Å². The van der Waals surface area contributed by atoms with Gasteiger partial charge in [0.2, 0.25) is 0 Å². The van der Waals surface area contributed by atoms with E-state index in [9.17, 15) is 9.18 Å². The van der Waals surface area contributed by atoms with E-state index < -0.39 is 17.5 Å². The van der Waals surface area contributed by atoms with Gasteiger partial charge in [-0.3, -0.25) is 13.9 Å². The van der Waals surface area contributed by atoms with Gasteiger partial charge in [0.05, 0.1) is 11.8 Å². The number of hydrogen-bond donors (Lipinski definition) is 1. The summed E-state index contributed by atoms with van der Waals surface area (Å²) in [6, 6.07) is 12.6. The van der Waals surface area contributed by atoms with Gasteiger partial charge < -0.3 is 5.32 Å². The van der Waals surface area contributed by atoms with Gasteiger partial charge in [-0.25, -0.2) is 8.78 Å². The number of pyridine rings is 1. The van der Waals surface area contributed by atoms with E-state index in [1.165, 1.54) is 29.3 Å². The summed E-state index contributed by atoms with van der Waals surface area (Å²) in [5.74, 6) is -1.45. The predicted octanol–water partition coefficient (Wildman–Crippen LogP) is 4.64. The number of amides is 1. The second kappa shape index (κ2) is 7.94. The number of benzene rings is 2. The Labute approximate surface area is 187 Å². The van der Waals surface area contributed by atoms with E-state index in [2.05, 4.69) is 20.6 Å². The molecule has 164 valence electrons. The molecule has 3 aromatic heterocycles. The minimum Gasteiger partial charge on any atom is -0.307 e. The third-order valence-corrected chi connectivity index (χ3v) is 5.58. The van der Waals surface area contributed by atoms with Crippen LogP contribution in [0.15, 0.2) is 67.3 Å². The highest BCUT2D eigenvalue weighted by Crippen LogP contribution is 2.37. The van der Waals surface area contributed by atoms with Crippen molar-refractivity contribution in [3.05, 3.63) is 90.0 Å². The summed E-state index contributed by atoms with van der Waals surface area (Å²) in [5, 5.41) is 14.5. The van der Waals surface area contributed by atoms with Crippen molar-refractivity contribution < 1.29 is 13.6 Å². The monoisotopic (exact) mass is 444 g/mol. The number of anilines is 1. The number of rotatable bonds is 4. The van der Waals surface area contributed by atoms with Gasteiger partial charge in [-0.1, -0.05) is 18.2 Å². The zero-order chi connectivity index (χ0) is 23.1. The Balaban J connectivity index is 1.74. The molecule has 0 fully saturated rings. The molecule has 0 bridgehead atoms. The molecule has 33 heavy (non-hydrogen) atoms. The Bertz CT molecular complexity index is 1520. The Kier molecular flexibility index (Phi) is 4.93. The quantitative estimate of drug-likeness (QED) is 0.438. The lowest BCUT2D eigenvalue weighted by Gasteiger charge is -2.17. The van der Waals surface area contributed by atoms with Crippen molar-refractivity contribution in [2.75, 3.05) is 5.32 Å². The van der Waals surface area contributed by atoms with Crippen molar-refractivity contribution >= 4 is 17.4 Å². The summed E-state index contributed by atoms with van der Waals surface area (Å²) >= 11 is 0. The SMILES string of the molecule is Cc1c(-c2ccccc2F)cc(C(=O)Nc2ccnn2C)c(F)c1-c1ccn2cnnc2c1. The maximum absolute atomic E-state index is 15.9. The van der Waals surface area contributed by atoms with E-state index >= 15 is 4.39 Å². The molecule has 0 aliphatic rings. The van der Waals surface area contributed by atoms with E-state index in [-0.39, 0.29) is 16.7 Å². The van der Waals surface area contributed by atoms with E-state index in [0.717, 1.165) is 0 Å². The van der Waals surface area contributed by atoms with Crippen LogP contribution in [0.3, 0.4) is 0 Å². The number of carbonyl (C=O) groups is 1. The lowest BCUT2D eigenvalue weighted by molar-refractivity contribution is 0.102. The van der Waals surface area contributed by atoms with Crippen LogP contribution in [0.4, 0.5) is 14.6 Å². The van der Waals surface area contributed by atoms with Gasteiger partial charge in [0.25, 0.3) is 5.91 Å². The second-order valence-electron chi connectivity index (χ2n) is 7.57. The summed E-state index contributed by atoms with van der Waals surface area (Å²) < 4.78 is 33.8. The molecule has 5 aromatic rings. The molecule has 0 aliphatic carbocycles. The number of halogens is 2. The van der Waals surface area contributed by atoms with E-state index in [0.29, 0.717) is 28.2 Å². The van der Waals surface area contributed by atoms with Crippen molar-refractivity contribution in [3.8, 4) is 22.3 Å². The van der Waals surface area contributed by atoms with Crippen LogP contribution in [-0.2, 0) is 7.05 Å². The molecular weight excluding hydrogens is 426 g/mol. The van der Waals surface area contributed by atoms with Crippen LogP contribution >= 0.6 is 0 Å². The van der Waals surface area contributed by atoms with Crippen molar-refractivity contribution in [2.45, 2.75) is 6.92 Å². The molecule has 0 unspecified atom stereocenters. The molecule has 1 amide bonds. The Hall–Kier alpha value is -4.40. The van der Waals surface area contributed by atoms with Gasteiger partial charge in [-0.2, -0.15) is 5.10 Å². The van der Waals surface area contributed by atoms with Gasteiger partial charge in [0, 0.05) is 30.4 Å². The first kappa shape index (κ1) is 20.5. The molecule has 0 aliphatic heterocycles. The number of carbonyl (C=O) groups excluding carboxylic acids is 1. The summed E-state index contributed by atoms with van der Waals surface area (Å²) in [4.78, 5) is 13.1. The molecule has 2 aromatic carbocycles. The van der Waals surface area contributed by atoms with Crippen LogP contribution in [0.25, 0.3) is 27.9 Å². The predicted molar refractivity (Wildman–Crippen MR) is 120 cm³/mol. The lowest BCUT2D eigenvalue weighted by atomic mass is 9.89. The topological polar surface area (TPSA) is 77.1 Å². The number of aryl methyl sites for hydroxylation is 1. The molecule has 0 radical (unpaired) electrons. The van der Waals surface area contributed by atoms with Crippen molar-refractivity contribution in [2.24, 2.45) is 7.05 Å². The maximum Gasteiger partial charge on any atom is 0.259 e. The van der Waals surface area contributed by atoms with E-state index in [1.54, 1.807) is 61.0 Å². The fourth-order valence-corrected chi connectivity index (χ4v) is 3.87. The molecule has 0 spiro atoms. The first-order chi connectivity index (χ1) is 15.9. The summed E-state index contributed by atoms with van der Waals surface area (Å²) in [6.45, 7) is 1.71. The van der Waals surface area contributed by atoms with Crippen LogP contribution < -0.4 is 5.32 Å². The number of fused-ring (bicyclic) bond motifs is 1.